The second-order valence-corrected chi connectivity index (χ2v) is 5.13. The van der Waals surface area contributed by atoms with Gasteiger partial charge in [-0.1, -0.05) is 25.5 Å². The zero-order valence-corrected chi connectivity index (χ0v) is 11.7. The second-order valence-electron chi connectivity index (χ2n) is 5.13. The molecule has 0 aromatic heterocycles. The maximum Gasteiger partial charge on any atom is 0.328 e. The maximum absolute atomic E-state index is 14.2. The minimum atomic E-state index is -1.02. The summed E-state index contributed by atoms with van der Waals surface area (Å²) < 4.78 is 14.2. The summed E-state index contributed by atoms with van der Waals surface area (Å²) in [5, 5.41) is 8.74. The summed E-state index contributed by atoms with van der Waals surface area (Å²) in [6, 6.07) is 5.22. The summed E-state index contributed by atoms with van der Waals surface area (Å²) >= 11 is 0. The number of halogens is 1. The average Bonchev–Trinajstić information content (AvgIpc) is 3.23. The van der Waals surface area contributed by atoms with E-state index in [2.05, 4.69) is 11.8 Å². The van der Waals surface area contributed by atoms with Crippen molar-refractivity contribution in [3.63, 3.8) is 0 Å². The number of carboxylic acid groups (broad SMARTS) is 1. The van der Waals surface area contributed by atoms with E-state index in [0.29, 0.717) is 17.3 Å². The highest BCUT2D eigenvalue weighted by Crippen LogP contribution is 2.36. The van der Waals surface area contributed by atoms with Crippen molar-refractivity contribution in [2.45, 2.75) is 38.6 Å². The number of hydrogen-bond donors (Lipinski definition) is 1. The summed E-state index contributed by atoms with van der Waals surface area (Å²) in [6.07, 6.45) is 6.76. The molecule has 0 unspecified atom stereocenters. The Bertz CT molecular complexity index is 509. The van der Waals surface area contributed by atoms with Crippen molar-refractivity contribution in [2.75, 3.05) is 11.4 Å². The second kappa shape index (κ2) is 6.55. The predicted octanol–water partition coefficient (Wildman–Crippen LogP) is 3.69. The van der Waals surface area contributed by atoms with E-state index in [9.17, 15) is 9.18 Å². The Morgan fingerprint density at radius 3 is 2.85 bits per heavy atom. The standard InChI is InChI=1S/C16H20FNO2/c1-2-3-11-18(13-8-9-13)16-12(7-10-15(19)20)5-4-6-14(16)17/h4-7,10,13H,2-3,8-9,11H2,1H3,(H,19,20)/b10-7+. The van der Waals surface area contributed by atoms with Crippen LogP contribution in [0.5, 0.6) is 0 Å². The van der Waals surface area contributed by atoms with Crippen LogP contribution in [0.25, 0.3) is 6.08 Å². The number of unbranched alkanes of at least 4 members (excludes halogenated alkanes) is 1. The molecule has 1 fully saturated rings. The first-order valence-corrected chi connectivity index (χ1v) is 7.09. The van der Waals surface area contributed by atoms with Crippen LogP contribution in [0.1, 0.15) is 38.2 Å². The minimum absolute atomic E-state index is 0.277. The number of rotatable bonds is 7. The van der Waals surface area contributed by atoms with Gasteiger partial charge in [-0.2, -0.15) is 0 Å². The third kappa shape index (κ3) is 3.59. The van der Waals surface area contributed by atoms with Crippen LogP contribution < -0.4 is 4.90 Å². The molecule has 0 heterocycles. The molecule has 0 aliphatic heterocycles. The molecule has 1 aromatic rings. The van der Waals surface area contributed by atoms with Gasteiger partial charge in [0.15, 0.2) is 0 Å². The van der Waals surface area contributed by atoms with E-state index in [4.69, 9.17) is 5.11 Å². The first kappa shape index (κ1) is 14.6. The number of nitrogens with zero attached hydrogens (tertiary/aromatic N) is 1. The topological polar surface area (TPSA) is 40.5 Å². The third-order valence-electron chi connectivity index (χ3n) is 3.45. The van der Waals surface area contributed by atoms with Gasteiger partial charge in [-0.3, -0.25) is 0 Å². The SMILES string of the molecule is CCCCN(c1c(F)cccc1/C=C/C(=O)O)C1CC1. The van der Waals surface area contributed by atoms with Gasteiger partial charge in [0.05, 0.1) is 5.69 Å². The first-order chi connectivity index (χ1) is 9.63. The lowest BCUT2D eigenvalue weighted by Crippen LogP contribution is -2.28. The van der Waals surface area contributed by atoms with Crippen LogP contribution in [0.2, 0.25) is 0 Å². The van der Waals surface area contributed by atoms with Crippen LogP contribution in [0.3, 0.4) is 0 Å². The maximum atomic E-state index is 14.2. The van der Waals surface area contributed by atoms with Gasteiger partial charge in [-0.05, 0) is 31.4 Å². The van der Waals surface area contributed by atoms with Gasteiger partial charge >= 0.3 is 5.97 Å². The van der Waals surface area contributed by atoms with Crippen LogP contribution in [-0.2, 0) is 4.79 Å². The molecule has 1 aliphatic carbocycles. The normalized spacial score (nSPS) is 14.7. The fourth-order valence-corrected chi connectivity index (χ4v) is 2.32. The summed E-state index contributed by atoms with van der Waals surface area (Å²) in [5.41, 5.74) is 1.18. The zero-order valence-electron chi connectivity index (χ0n) is 11.7. The van der Waals surface area contributed by atoms with Crippen LogP contribution in [0.15, 0.2) is 24.3 Å². The summed E-state index contributed by atoms with van der Waals surface area (Å²) in [7, 11) is 0. The van der Waals surface area contributed by atoms with Gasteiger partial charge in [0.25, 0.3) is 0 Å². The molecule has 20 heavy (non-hydrogen) atoms. The number of carbonyl (C=O) groups is 1. The van der Waals surface area contributed by atoms with Crippen LogP contribution in [0, 0.1) is 5.82 Å². The van der Waals surface area contributed by atoms with Crippen molar-refractivity contribution in [1.29, 1.82) is 0 Å². The van der Waals surface area contributed by atoms with Crippen molar-refractivity contribution >= 4 is 17.7 Å². The quantitative estimate of drug-likeness (QED) is 0.773. The van der Waals surface area contributed by atoms with Crippen molar-refractivity contribution < 1.29 is 14.3 Å². The summed E-state index contributed by atoms with van der Waals surface area (Å²) in [4.78, 5) is 12.8. The molecule has 0 amide bonds. The lowest BCUT2D eigenvalue weighted by Gasteiger charge is -2.26. The smallest absolute Gasteiger partial charge is 0.328 e. The highest BCUT2D eigenvalue weighted by Gasteiger charge is 2.31. The molecular formula is C16H20FNO2. The average molecular weight is 277 g/mol. The Hall–Kier alpha value is -1.84. The molecule has 1 aliphatic rings. The van der Waals surface area contributed by atoms with Gasteiger partial charge in [0.1, 0.15) is 5.82 Å². The Morgan fingerprint density at radius 2 is 2.25 bits per heavy atom. The van der Waals surface area contributed by atoms with Crippen LogP contribution in [-0.4, -0.2) is 23.7 Å². The van der Waals surface area contributed by atoms with E-state index < -0.39 is 5.97 Å². The number of aliphatic carboxylic acids is 1. The molecule has 0 atom stereocenters. The van der Waals surface area contributed by atoms with E-state index >= 15 is 0 Å². The number of hydrogen-bond acceptors (Lipinski definition) is 2. The molecule has 0 radical (unpaired) electrons. The fraction of sp³-hybridized carbons (Fsp3) is 0.438. The molecule has 4 heteroatoms. The Balaban J connectivity index is 2.33. The fourth-order valence-electron chi connectivity index (χ4n) is 2.32. The molecule has 1 saturated carbocycles. The molecule has 0 bridgehead atoms. The number of para-hydroxylation sites is 1. The van der Waals surface area contributed by atoms with E-state index in [0.717, 1.165) is 38.3 Å². The molecule has 1 aromatic carbocycles. The number of carboxylic acids is 1. The largest absolute Gasteiger partial charge is 0.478 e. The van der Waals surface area contributed by atoms with Crippen LogP contribution in [0.4, 0.5) is 10.1 Å². The Labute approximate surface area is 118 Å². The lowest BCUT2D eigenvalue weighted by molar-refractivity contribution is -0.131. The predicted molar refractivity (Wildman–Crippen MR) is 78.3 cm³/mol. The molecule has 108 valence electrons. The van der Waals surface area contributed by atoms with E-state index in [1.54, 1.807) is 12.1 Å². The molecule has 1 N–H and O–H groups in total. The zero-order chi connectivity index (χ0) is 14.5. The molecular weight excluding hydrogens is 257 g/mol. The van der Waals surface area contributed by atoms with E-state index in [1.807, 2.05) is 0 Å². The van der Waals surface area contributed by atoms with Crippen molar-refractivity contribution in [1.82, 2.24) is 0 Å². The Morgan fingerprint density at radius 1 is 1.50 bits per heavy atom. The number of anilines is 1. The van der Waals surface area contributed by atoms with Gasteiger partial charge in [-0.15, -0.1) is 0 Å². The highest BCUT2D eigenvalue weighted by molar-refractivity contribution is 5.87. The molecule has 2 rings (SSSR count). The van der Waals surface area contributed by atoms with Gasteiger partial charge in [0, 0.05) is 24.2 Å². The van der Waals surface area contributed by atoms with Crippen LogP contribution >= 0.6 is 0 Å². The lowest BCUT2D eigenvalue weighted by atomic mass is 10.1. The molecule has 0 saturated heterocycles. The number of benzene rings is 1. The van der Waals surface area contributed by atoms with Gasteiger partial charge < -0.3 is 10.0 Å². The van der Waals surface area contributed by atoms with E-state index in [1.165, 1.54) is 12.1 Å². The Kier molecular flexibility index (Phi) is 4.77. The van der Waals surface area contributed by atoms with Crippen molar-refractivity contribution in [2.24, 2.45) is 0 Å². The minimum Gasteiger partial charge on any atom is -0.478 e. The molecule has 3 nitrogen and oxygen atoms in total. The monoisotopic (exact) mass is 277 g/mol. The summed E-state index contributed by atoms with van der Waals surface area (Å²) in [6.45, 7) is 2.92. The first-order valence-electron chi connectivity index (χ1n) is 7.09. The third-order valence-corrected chi connectivity index (χ3v) is 3.45. The summed E-state index contributed by atoms with van der Waals surface area (Å²) in [5.74, 6) is -1.30. The molecule has 0 spiro atoms. The van der Waals surface area contributed by atoms with Gasteiger partial charge in [-0.25, -0.2) is 9.18 Å². The van der Waals surface area contributed by atoms with Crippen molar-refractivity contribution in [3.8, 4) is 0 Å². The van der Waals surface area contributed by atoms with Gasteiger partial charge in [0.2, 0.25) is 0 Å². The highest BCUT2D eigenvalue weighted by atomic mass is 19.1. The van der Waals surface area contributed by atoms with Crippen molar-refractivity contribution in [3.05, 3.63) is 35.7 Å². The van der Waals surface area contributed by atoms with E-state index in [-0.39, 0.29) is 5.82 Å².